The van der Waals surface area contributed by atoms with E-state index in [0.717, 1.165) is 24.3 Å². The lowest BCUT2D eigenvalue weighted by molar-refractivity contribution is 0.347. The fraction of sp³-hybridized carbons (Fsp3) is 0.333. The molecule has 34 heavy (non-hydrogen) atoms. The highest BCUT2D eigenvalue weighted by Crippen LogP contribution is 2.24. The van der Waals surface area contributed by atoms with Crippen LogP contribution >= 0.6 is 21.6 Å². The van der Waals surface area contributed by atoms with E-state index >= 15 is 0 Å². The number of para-hydroxylation sites is 2. The molecule has 0 aliphatic heterocycles. The van der Waals surface area contributed by atoms with Crippen molar-refractivity contribution in [3.63, 3.8) is 0 Å². The molecule has 4 rings (SSSR count). The quantitative estimate of drug-likeness (QED) is 0.227. The number of aromatic nitrogens is 4. The van der Waals surface area contributed by atoms with E-state index < -0.39 is 0 Å². The summed E-state index contributed by atoms with van der Waals surface area (Å²) in [5.74, 6) is 1.77. The summed E-state index contributed by atoms with van der Waals surface area (Å²) >= 11 is 0. The molecule has 0 spiro atoms. The molecule has 0 fully saturated rings. The largest absolute Gasteiger partial charge is 0.468 e. The molecule has 0 aliphatic rings. The van der Waals surface area contributed by atoms with Crippen LogP contribution in [0.4, 0.5) is 0 Å². The maximum Gasteiger partial charge on any atom is 0.299 e. The first-order valence-corrected chi connectivity index (χ1v) is 13.4. The number of benzene rings is 2. The normalized spacial score (nSPS) is 11.2. The molecule has 0 unspecified atom stereocenters. The van der Waals surface area contributed by atoms with E-state index in [4.69, 9.17) is 9.47 Å². The van der Waals surface area contributed by atoms with E-state index in [-0.39, 0.29) is 11.1 Å². The minimum absolute atomic E-state index is 0.0801. The summed E-state index contributed by atoms with van der Waals surface area (Å²) in [6.07, 6.45) is 1.63. The summed E-state index contributed by atoms with van der Waals surface area (Å²) in [6.45, 7) is 1.09. The highest BCUT2D eigenvalue weighted by molar-refractivity contribution is 8.76. The molecule has 8 nitrogen and oxygen atoms in total. The van der Waals surface area contributed by atoms with Crippen LogP contribution < -0.4 is 20.6 Å². The minimum Gasteiger partial charge on any atom is -0.468 e. The van der Waals surface area contributed by atoms with Gasteiger partial charge in [-0.1, -0.05) is 45.9 Å². The fourth-order valence-electron chi connectivity index (χ4n) is 3.68. The van der Waals surface area contributed by atoms with E-state index in [0.29, 0.717) is 46.9 Å². The summed E-state index contributed by atoms with van der Waals surface area (Å²) < 4.78 is 13.9. The highest BCUT2D eigenvalue weighted by atomic mass is 33.1. The monoisotopic (exact) mass is 498 g/mol. The number of nitrogens with zero attached hydrogens (tertiary/aromatic N) is 4. The van der Waals surface area contributed by atoms with E-state index in [2.05, 4.69) is 9.97 Å². The lowest BCUT2D eigenvalue weighted by Gasteiger charge is -2.12. The van der Waals surface area contributed by atoms with Gasteiger partial charge in [-0.2, -0.15) is 9.97 Å². The van der Waals surface area contributed by atoms with Crippen molar-refractivity contribution in [2.24, 2.45) is 0 Å². The predicted molar refractivity (Wildman–Crippen MR) is 139 cm³/mol. The molecule has 0 atom stereocenters. The third-order valence-electron chi connectivity index (χ3n) is 5.32. The maximum absolute atomic E-state index is 12.8. The smallest absolute Gasteiger partial charge is 0.299 e. The van der Waals surface area contributed by atoms with Gasteiger partial charge in [0.05, 0.1) is 36.0 Å². The van der Waals surface area contributed by atoms with E-state index in [1.54, 1.807) is 42.9 Å². The van der Waals surface area contributed by atoms with Gasteiger partial charge in [-0.3, -0.25) is 18.7 Å². The van der Waals surface area contributed by atoms with Gasteiger partial charge >= 0.3 is 0 Å². The SMILES string of the molecule is COc1nc2ccccc2c(=O)n1CCCSSCCCn1c(OC)nc2ccccc2c1=O. The number of rotatable bonds is 11. The molecule has 0 radical (unpaired) electrons. The summed E-state index contributed by atoms with van der Waals surface area (Å²) in [7, 11) is 6.57. The van der Waals surface area contributed by atoms with Crippen LogP contribution in [0.2, 0.25) is 0 Å². The first kappa shape index (κ1) is 24.2. The van der Waals surface area contributed by atoms with Gasteiger partial charge in [0.2, 0.25) is 0 Å². The standard InChI is InChI=1S/C24H26N4O4S2/c1-31-23-25-19-11-5-3-9-17(19)21(29)27(23)13-7-15-33-34-16-8-14-28-22(30)18-10-4-6-12-20(18)26-24(28)32-2/h3-6,9-12H,7-8,13-16H2,1-2H3. The Morgan fingerprint density at radius 2 is 1.12 bits per heavy atom. The molecular weight excluding hydrogens is 472 g/mol. The summed E-state index contributed by atoms with van der Waals surface area (Å²) in [6, 6.07) is 15.3. The van der Waals surface area contributed by atoms with Gasteiger partial charge in [0.15, 0.2) is 0 Å². The van der Waals surface area contributed by atoms with Crippen molar-refractivity contribution in [1.29, 1.82) is 0 Å². The second-order valence-electron chi connectivity index (χ2n) is 7.50. The van der Waals surface area contributed by atoms with Crippen LogP contribution in [0.5, 0.6) is 12.0 Å². The molecule has 0 saturated carbocycles. The predicted octanol–water partition coefficient (Wildman–Crippen LogP) is 3.99. The molecule has 2 aromatic carbocycles. The Morgan fingerprint density at radius 1 is 0.706 bits per heavy atom. The number of hydrogen-bond donors (Lipinski definition) is 0. The Bertz CT molecular complexity index is 1300. The maximum atomic E-state index is 12.8. The lowest BCUT2D eigenvalue weighted by Crippen LogP contribution is -2.23. The van der Waals surface area contributed by atoms with Gasteiger partial charge in [-0.15, -0.1) is 0 Å². The van der Waals surface area contributed by atoms with E-state index in [1.807, 2.05) is 36.4 Å². The zero-order valence-corrected chi connectivity index (χ0v) is 20.7. The molecular formula is C24H26N4O4S2. The number of methoxy groups -OCH3 is 2. The number of hydrogen-bond acceptors (Lipinski definition) is 8. The number of fused-ring (bicyclic) bond motifs is 2. The summed E-state index contributed by atoms with van der Waals surface area (Å²) in [4.78, 5) is 34.5. The Labute approximate surface area is 204 Å². The molecule has 0 N–H and O–H groups in total. The van der Waals surface area contributed by atoms with Crippen LogP contribution in [0, 0.1) is 0 Å². The third-order valence-corrected chi connectivity index (χ3v) is 7.90. The molecule has 2 heterocycles. The molecule has 4 aromatic rings. The summed E-state index contributed by atoms with van der Waals surface area (Å²) in [5.41, 5.74) is 1.12. The van der Waals surface area contributed by atoms with Gasteiger partial charge in [0, 0.05) is 24.6 Å². The van der Waals surface area contributed by atoms with E-state index in [9.17, 15) is 9.59 Å². The second kappa shape index (κ2) is 11.4. The van der Waals surface area contributed by atoms with Crippen LogP contribution in [0.3, 0.4) is 0 Å². The van der Waals surface area contributed by atoms with Gasteiger partial charge in [0.25, 0.3) is 23.1 Å². The Kier molecular flexibility index (Phi) is 8.12. The average Bonchev–Trinajstić information content (AvgIpc) is 2.87. The first-order valence-electron chi connectivity index (χ1n) is 11.0. The van der Waals surface area contributed by atoms with Gasteiger partial charge in [-0.25, -0.2) is 0 Å². The zero-order chi connectivity index (χ0) is 23.9. The lowest BCUT2D eigenvalue weighted by atomic mass is 10.2. The fourth-order valence-corrected chi connectivity index (χ4v) is 5.83. The van der Waals surface area contributed by atoms with E-state index in [1.165, 1.54) is 14.2 Å². The number of ether oxygens (including phenoxy) is 2. The van der Waals surface area contributed by atoms with Gasteiger partial charge in [0.1, 0.15) is 0 Å². The first-order chi connectivity index (χ1) is 16.6. The molecule has 10 heteroatoms. The molecule has 2 aromatic heterocycles. The van der Waals surface area contributed by atoms with Crippen molar-refractivity contribution in [2.75, 3.05) is 25.7 Å². The molecule has 178 valence electrons. The van der Waals surface area contributed by atoms with Crippen LogP contribution in [0.15, 0.2) is 58.1 Å². The molecule has 0 bridgehead atoms. The molecule has 0 amide bonds. The summed E-state index contributed by atoms with van der Waals surface area (Å²) in [5, 5.41) is 1.19. The van der Waals surface area contributed by atoms with Crippen molar-refractivity contribution >= 4 is 43.4 Å². The zero-order valence-electron chi connectivity index (χ0n) is 19.1. The van der Waals surface area contributed by atoms with Gasteiger partial charge < -0.3 is 9.47 Å². The van der Waals surface area contributed by atoms with Crippen molar-refractivity contribution in [3.05, 3.63) is 69.2 Å². The Morgan fingerprint density at radius 3 is 1.53 bits per heavy atom. The van der Waals surface area contributed by atoms with Crippen LogP contribution in [0.25, 0.3) is 21.8 Å². The van der Waals surface area contributed by atoms with Crippen molar-refractivity contribution in [3.8, 4) is 12.0 Å². The van der Waals surface area contributed by atoms with Crippen molar-refractivity contribution < 1.29 is 9.47 Å². The highest BCUT2D eigenvalue weighted by Gasteiger charge is 2.12. The van der Waals surface area contributed by atoms with Crippen LogP contribution in [-0.2, 0) is 13.1 Å². The van der Waals surface area contributed by atoms with Gasteiger partial charge in [-0.05, 0) is 37.1 Å². The van der Waals surface area contributed by atoms with Crippen molar-refractivity contribution in [1.82, 2.24) is 19.1 Å². The average molecular weight is 499 g/mol. The topological polar surface area (TPSA) is 88.2 Å². The molecule has 0 saturated heterocycles. The van der Waals surface area contributed by atoms with Crippen molar-refractivity contribution in [2.45, 2.75) is 25.9 Å². The molecule has 0 aliphatic carbocycles. The van der Waals surface area contributed by atoms with Crippen LogP contribution in [0.1, 0.15) is 12.8 Å². The Hall–Kier alpha value is -2.98. The third kappa shape index (κ3) is 5.23. The minimum atomic E-state index is -0.0801. The second-order valence-corrected chi connectivity index (χ2v) is 10.2. The Balaban J connectivity index is 1.26. The van der Waals surface area contributed by atoms with Crippen LogP contribution in [-0.4, -0.2) is 44.8 Å².